The summed E-state index contributed by atoms with van der Waals surface area (Å²) in [4.78, 5) is 14.2. The maximum Gasteiger partial charge on any atom is 0.263 e. The Labute approximate surface area is 124 Å². The van der Waals surface area contributed by atoms with Crippen LogP contribution in [0.2, 0.25) is 5.02 Å². The predicted octanol–water partition coefficient (Wildman–Crippen LogP) is 2.30. The molecule has 0 aliphatic carbocycles. The van der Waals surface area contributed by atoms with Crippen molar-refractivity contribution in [2.24, 2.45) is 11.1 Å². The average Bonchev–Trinajstić information content (AvgIpc) is 2.84. The standard InChI is InChI=1S/C15H21ClN2O2/c1-11(20-13-6-4-3-5-12(13)16)14(19)18-8-7-15(2,9-17)10-18/h3-6,11H,7-10,17H2,1-2H3. The van der Waals surface area contributed by atoms with Crippen molar-refractivity contribution in [1.82, 2.24) is 4.90 Å². The lowest BCUT2D eigenvalue weighted by atomic mass is 9.90. The third kappa shape index (κ3) is 3.25. The average molecular weight is 297 g/mol. The molecule has 1 aromatic rings. The fourth-order valence-electron chi connectivity index (χ4n) is 2.42. The zero-order valence-corrected chi connectivity index (χ0v) is 12.7. The van der Waals surface area contributed by atoms with E-state index >= 15 is 0 Å². The number of hydrogen-bond donors (Lipinski definition) is 1. The van der Waals surface area contributed by atoms with Crippen molar-refractivity contribution in [1.29, 1.82) is 0 Å². The van der Waals surface area contributed by atoms with Crippen molar-refractivity contribution in [3.8, 4) is 5.75 Å². The first-order valence-corrected chi connectivity index (χ1v) is 7.23. The topological polar surface area (TPSA) is 55.6 Å². The molecule has 0 radical (unpaired) electrons. The molecule has 0 aromatic heterocycles. The molecule has 2 atom stereocenters. The molecular formula is C15H21ClN2O2. The van der Waals surface area contributed by atoms with E-state index in [1.807, 2.05) is 17.0 Å². The lowest BCUT2D eigenvalue weighted by molar-refractivity contribution is -0.137. The van der Waals surface area contributed by atoms with Crippen LogP contribution in [0.25, 0.3) is 0 Å². The molecular weight excluding hydrogens is 276 g/mol. The second-order valence-electron chi connectivity index (χ2n) is 5.72. The van der Waals surface area contributed by atoms with E-state index in [0.29, 0.717) is 23.9 Å². The van der Waals surface area contributed by atoms with E-state index in [1.165, 1.54) is 0 Å². The quantitative estimate of drug-likeness (QED) is 0.927. The van der Waals surface area contributed by atoms with E-state index < -0.39 is 6.10 Å². The number of benzene rings is 1. The van der Waals surface area contributed by atoms with Crippen LogP contribution in [0.3, 0.4) is 0 Å². The smallest absolute Gasteiger partial charge is 0.263 e. The third-order valence-corrected chi connectivity index (χ3v) is 4.16. The molecule has 2 unspecified atom stereocenters. The van der Waals surface area contributed by atoms with Crippen molar-refractivity contribution >= 4 is 17.5 Å². The zero-order chi connectivity index (χ0) is 14.8. The number of likely N-dealkylation sites (tertiary alicyclic amines) is 1. The van der Waals surface area contributed by atoms with Gasteiger partial charge in [-0.15, -0.1) is 0 Å². The summed E-state index contributed by atoms with van der Waals surface area (Å²) in [5.41, 5.74) is 5.79. The monoisotopic (exact) mass is 296 g/mol. The van der Waals surface area contributed by atoms with Gasteiger partial charge in [0.05, 0.1) is 5.02 Å². The molecule has 5 heteroatoms. The highest BCUT2D eigenvalue weighted by Crippen LogP contribution is 2.30. The fourth-order valence-corrected chi connectivity index (χ4v) is 2.60. The van der Waals surface area contributed by atoms with Gasteiger partial charge in [-0.3, -0.25) is 4.79 Å². The van der Waals surface area contributed by atoms with Crippen LogP contribution in [0.5, 0.6) is 5.75 Å². The fraction of sp³-hybridized carbons (Fsp3) is 0.533. The van der Waals surface area contributed by atoms with Gasteiger partial charge in [-0.1, -0.05) is 30.7 Å². The SMILES string of the molecule is CC(Oc1ccccc1Cl)C(=O)N1CCC(C)(CN)C1. The molecule has 1 aliphatic rings. The lowest BCUT2D eigenvalue weighted by Crippen LogP contribution is -2.41. The van der Waals surface area contributed by atoms with Gasteiger partial charge in [-0.25, -0.2) is 0 Å². The minimum Gasteiger partial charge on any atom is -0.479 e. The Hall–Kier alpha value is -1.26. The normalized spacial score (nSPS) is 23.7. The highest BCUT2D eigenvalue weighted by molar-refractivity contribution is 6.32. The van der Waals surface area contributed by atoms with Gasteiger partial charge >= 0.3 is 0 Å². The summed E-state index contributed by atoms with van der Waals surface area (Å²) in [6, 6.07) is 7.17. The molecule has 20 heavy (non-hydrogen) atoms. The highest BCUT2D eigenvalue weighted by atomic mass is 35.5. The van der Waals surface area contributed by atoms with Gasteiger partial charge < -0.3 is 15.4 Å². The number of carbonyl (C=O) groups excluding carboxylic acids is 1. The summed E-state index contributed by atoms with van der Waals surface area (Å²) in [5.74, 6) is 0.526. The summed E-state index contributed by atoms with van der Waals surface area (Å²) in [6.07, 6.45) is 0.392. The van der Waals surface area contributed by atoms with Gasteiger partial charge in [0, 0.05) is 13.1 Å². The molecule has 110 valence electrons. The number of carbonyl (C=O) groups is 1. The van der Waals surface area contributed by atoms with Crippen LogP contribution in [0.1, 0.15) is 20.3 Å². The molecule has 1 amide bonds. The van der Waals surface area contributed by atoms with Gasteiger partial charge in [0.15, 0.2) is 6.10 Å². The lowest BCUT2D eigenvalue weighted by Gasteiger charge is -2.25. The third-order valence-electron chi connectivity index (χ3n) is 3.85. The summed E-state index contributed by atoms with van der Waals surface area (Å²) >= 11 is 6.03. The van der Waals surface area contributed by atoms with E-state index in [9.17, 15) is 4.79 Å². The highest BCUT2D eigenvalue weighted by Gasteiger charge is 2.36. The summed E-state index contributed by atoms with van der Waals surface area (Å²) in [7, 11) is 0. The Balaban J connectivity index is 1.98. The Kier molecular flexibility index (Phi) is 4.55. The van der Waals surface area contributed by atoms with Crippen molar-refractivity contribution in [2.75, 3.05) is 19.6 Å². The van der Waals surface area contributed by atoms with Gasteiger partial charge in [-0.2, -0.15) is 0 Å². The molecule has 1 heterocycles. The van der Waals surface area contributed by atoms with Crippen molar-refractivity contribution in [3.05, 3.63) is 29.3 Å². The molecule has 1 saturated heterocycles. The Morgan fingerprint density at radius 2 is 2.25 bits per heavy atom. The number of nitrogens with two attached hydrogens (primary N) is 1. The maximum absolute atomic E-state index is 12.4. The van der Waals surface area contributed by atoms with Crippen LogP contribution in [0.15, 0.2) is 24.3 Å². The van der Waals surface area contributed by atoms with E-state index in [4.69, 9.17) is 22.1 Å². The molecule has 2 N–H and O–H groups in total. The number of rotatable bonds is 4. The number of amides is 1. The molecule has 4 nitrogen and oxygen atoms in total. The van der Waals surface area contributed by atoms with Crippen LogP contribution >= 0.6 is 11.6 Å². The number of nitrogens with zero attached hydrogens (tertiary/aromatic N) is 1. The van der Waals surface area contributed by atoms with Crippen LogP contribution < -0.4 is 10.5 Å². The largest absolute Gasteiger partial charge is 0.479 e. The number of halogens is 1. The van der Waals surface area contributed by atoms with Crippen LogP contribution in [-0.4, -0.2) is 36.5 Å². The summed E-state index contributed by atoms with van der Waals surface area (Å²) in [5, 5.41) is 0.514. The molecule has 1 aliphatic heterocycles. The van der Waals surface area contributed by atoms with Gasteiger partial charge in [0.25, 0.3) is 5.91 Å². The first-order chi connectivity index (χ1) is 9.45. The van der Waals surface area contributed by atoms with Gasteiger partial charge in [0.2, 0.25) is 0 Å². The minimum absolute atomic E-state index is 0.0119. The Morgan fingerprint density at radius 3 is 2.85 bits per heavy atom. The van der Waals surface area contributed by atoms with Gasteiger partial charge in [0.1, 0.15) is 5.75 Å². The Morgan fingerprint density at radius 1 is 1.55 bits per heavy atom. The molecule has 1 fully saturated rings. The van der Waals surface area contributed by atoms with E-state index in [1.54, 1.807) is 19.1 Å². The number of ether oxygens (including phenoxy) is 1. The molecule has 2 rings (SSSR count). The van der Waals surface area contributed by atoms with E-state index in [2.05, 4.69) is 6.92 Å². The zero-order valence-electron chi connectivity index (χ0n) is 11.9. The van der Waals surface area contributed by atoms with E-state index in [-0.39, 0.29) is 11.3 Å². The summed E-state index contributed by atoms with van der Waals surface area (Å²) < 4.78 is 5.67. The maximum atomic E-state index is 12.4. The second-order valence-corrected chi connectivity index (χ2v) is 6.12. The molecule has 0 bridgehead atoms. The van der Waals surface area contributed by atoms with Crippen LogP contribution in [0.4, 0.5) is 0 Å². The van der Waals surface area contributed by atoms with Crippen molar-refractivity contribution in [3.63, 3.8) is 0 Å². The molecule has 0 saturated carbocycles. The Bertz CT molecular complexity index is 495. The van der Waals surface area contributed by atoms with Crippen molar-refractivity contribution in [2.45, 2.75) is 26.4 Å². The number of para-hydroxylation sites is 1. The van der Waals surface area contributed by atoms with Crippen LogP contribution in [0, 0.1) is 5.41 Å². The van der Waals surface area contributed by atoms with Crippen LogP contribution in [-0.2, 0) is 4.79 Å². The van der Waals surface area contributed by atoms with E-state index in [0.717, 1.165) is 13.0 Å². The van der Waals surface area contributed by atoms with Crippen molar-refractivity contribution < 1.29 is 9.53 Å². The summed E-state index contributed by atoms with van der Waals surface area (Å²) in [6.45, 7) is 5.89. The first kappa shape index (κ1) is 15.1. The molecule has 0 spiro atoms. The van der Waals surface area contributed by atoms with Gasteiger partial charge in [-0.05, 0) is 37.4 Å². The minimum atomic E-state index is -0.546. The first-order valence-electron chi connectivity index (χ1n) is 6.85. The predicted molar refractivity (Wildman–Crippen MR) is 79.9 cm³/mol. The molecule has 1 aromatic carbocycles. The second kappa shape index (κ2) is 6.02. The number of hydrogen-bond acceptors (Lipinski definition) is 3.